The molecule has 27 heavy (non-hydrogen) atoms. The van der Waals surface area contributed by atoms with Crippen LogP contribution in [-0.4, -0.2) is 32.7 Å². The Kier molecular flexibility index (Phi) is 6.58. The van der Waals surface area contributed by atoms with Crippen molar-refractivity contribution in [2.24, 2.45) is 0 Å². The summed E-state index contributed by atoms with van der Waals surface area (Å²) in [6, 6.07) is 16.0. The maximum atomic E-state index is 12.3. The lowest BCUT2D eigenvalue weighted by Crippen LogP contribution is -2.14. The van der Waals surface area contributed by atoms with Gasteiger partial charge in [0.15, 0.2) is 11.0 Å². The number of aromatic nitrogens is 3. The molecule has 0 radical (unpaired) electrons. The number of nitrogens with one attached hydrogen (secondary N) is 1. The molecule has 3 aromatic rings. The molecule has 7 heteroatoms. The molecule has 0 saturated carbocycles. The zero-order valence-electron chi connectivity index (χ0n) is 15.6. The van der Waals surface area contributed by atoms with E-state index in [0.717, 1.165) is 33.7 Å². The molecule has 1 amide bonds. The Labute approximate surface area is 168 Å². The molecule has 1 heterocycles. The predicted octanol–water partition coefficient (Wildman–Crippen LogP) is 4.73. The monoisotopic (exact) mass is 398 g/mol. The van der Waals surface area contributed by atoms with Gasteiger partial charge in [-0.25, -0.2) is 0 Å². The average Bonchev–Trinajstić information content (AvgIpc) is 3.10. The number of amides is 1. The molecular weight excluding hydrogens is 376 g/mol. The third-order valence-electron chi connectivity index (χ3n) is 4.03. The molecule has 0 aliphatic rings. The molecule has 0 saturated heterocycles. The van der Waals surface area contributed by atoms with Gasteiger partial charge in [0.05, 0.1) is 5.75 Å². The van der Waals surface area contributed by atoms with Crippen molar-refractivity contribution in [2.45, 2.75) is 30.4 Å². The average molecular weight is 399 g/mol. The Balaban J connectivity index is 1.67. The van der Waals surface area contributed by atoms with Crippen LogP contribution in [0.15, 0.2) is 58.6 Å². The van der Waals surface area contributed by atoms with Gasteiger partial charge in [0.25, 0.3) is 0 Å². The summed E-state index contributed by atoms with van der Waals surface area (Å²) in [4.78, 5) is 13.4. The fourth-order valence-corrected chi connectivity index (χ4v) is 3.89. The molecule has 0 atom stereocenters. The number of carbonyl (C=O) groups excluding carboxylic acids is 1. The van der Waals surface area contributed by atoms with Crippen molar-refractivity contribution in [3.05, 3.63) is 54.1 Å². The first-order valence-electron chi connectivity index (χ1n) is 8.67. The number of anilines is 1. The maximum Gasteiger partial charge on any atom is 0.234 e. The Hall–Kier alpha value is -2.25. The van der Waals surface area contributed by atoms with Crippen molar-refractivity contribution in [1.82, 2.24) is 14.8 Å². The highest BCUT2D eigenvalue weighted by Crippen LogP contribution is 2.25. The fourth-order valence-electron chi connectivity index (χ4n) is 2.62. The van der Waals surface area contributed by atoms with Crippen molar-refractivity contribution >= 4 is 35.1 Å². The quantitative estimate of drug-likeness (QED) is 0.583. The maximum absolute atomic E-state index is 12.3. The van der Waals surface area contributed by atoms with E-state index in [1.165, 1.54) is 17.3 Å². The standard InChI is InChI=1S/C20H22N4OS2/c1-4-24-19(15-10-8-14(2)9-11-15)22-23-20(24)27-13-18(25)21-16-6-5-7-17(12-16)26-3/h5-12H,4,13H2,1-3H3,(H,21,25). The topological polar surface area (TPSA) is 59.8 Å². The SMILES string of the molecule is CCn1c(SCC(=O)Nc2cccc(SC)c2)nnc1-c1ccc(C)cc1. The minimum absolute atomic E-state index is 0.0548. The minimum atomic E-state index is -0.0548. The Bertz CT molecular complexity index is 922. The van der Waals surface area contributed by atoms with E-state index in [4.69, 9.17) is 0 Å². The summed E-state index contributed by atoms with van der Waals surface area (Å²) >= 11 is 3.05. The summed E-state index contributed by atoms with van der Waals surface area (Å²) < 4.78 is 2.04. The summed E-state index contributed by atoms with van der Waals surface area (Å²) in [6.07, 6.45) is 2.01. The van der Waals surface area contributed by atoms with Gasteiger partial charge in [0, 0.05) is 22.7 Å². The van der Waals surface area contributed by atoms with Crippen LogP contribution in [0.25, 0.3) is 11.4 Å². The number of thioether (sulfide) groups is 2. The molecule has 0 aliphatic carbocycles. The van der Waals surface area contributed by atoms with Gasteiger partial charge < -0.3 is 9.88 Å². The minimum Gasteiger partial charge on any atom is -0.325 e. The van der Waals surface area contributed by atoms with Gasteiger partial charge in [-0.1, -0.05) is 47.7 Å². The molecule has 5 nitrogen and oxygen atoms in total. The zero-order valence-corrected chi connectivity index (χ0v) is 17.2. The Morgan fingerprint density at radius 2 is 1.93 bits per heavy atom. The number of rotatable bonds is 7. The van der Waals surface area contributed by atoms with Gasteiger partial charge in [-0.15, -0.1) is 22.0 Å². The number of carbonyl (C=O) groups is 1. The number of aryl methyl sites for hydroxylation is 1. The van der Waals surface area contributed by atoms with E-state index < -0.39 is 0 Å². The summed E-state index contributed by atoms with van der Waals surface area (Å²) in [7, 11) is 0. The summed E-state index contributed by atoms with van der Waals surface area (Å²) in [5, 5.41) is 12.3. The van der Waals surface area contributed by atoms with Gasteiger partial charge in [-0.2, -0.15) is 0 Å². The van der Waals surface area contributed by atoms with Crippen molar-refractivity contribution in [2.75, 3.05) is 17.3 Å². The van der Waals surface area contributed by atoms with Gasteiger partial charge in [0.2, 0.25) is 5.91 Å². The first-order chi connectivity index (χ1) is 13.1. The van der Waals surface area contributed by atoms with E-state index >= 15 is 0 Å². The van der Waals surface area contributed by atoms with Crippen LogP contribution in [0, 0.1) is 6.92 Å². The smallest absolute Gasteiger partial charge is 0.234 e. The molecule has 1 aromatic heterocycles. The highest BCUT2D eigenvalue weighted by Gasteiger charge is 2.14. The Morgan fingerprint density at radius 3 is 2.63 bits per heavy atom. The van der Waals surface area contributed by atoms with Crippen LogP contribution in [0.4, 0.5) is 5.69 Å². The number of nitrogens with zero attached hydrogens (tertiary/aromatic N) is 3. The first kappa shape index (κ1) is 19.5. The lowest BCUT2D eigenvalue weighted by Gasteiger charge is -2.08. The van der Waals surface area contributed by atoms with Crippen LogP contribution in [-0.2, 0) is 11.3 Å². The van der Waals surface area contributed by atoms with Crippen molar-refractivity contribution in [3.8, 4) is 11.4 Å². The highest BCUT2D eigenvalue weighted by atomic mass is 32.2. The molecule has 2 aromatic carbocycles. The van der Waals surface area contributed by atoms with Crippen molar-refractivity contribution in [3.63, 3.8) is 0 Å². The molecule has 0 fully saturated rings. The predicted molar refractivity (Wildman–Crippen MR) is 113 cm³/mol. The molecule has 1 N–H and O–H groups in total. The second kappa shape index (κ2) is 9.10. The van der Waals surface area contributed by atoms with E-state index in [2.05, 4.69) is 41.5 Å². The van der Waals surface area contributed by atoms with Gasteiger partial charge in [-0.3, -0.25) is 4.79 Å². The molecule has 0 spiro atoms. The number of hydrogen-bond donors (Lipinski definition) is 1. The third-order valence-corrected chi connectivity index (χ3v) is 5.72. The van der Waals surface area contributed by atoms with Crippen LogP contribution in [0.2, 0.25) is 0 Å². The molecule has 3 rings (SSSR count). The summed E-state index contributed by atoms with van der Waals surface area (Å²) in [6.45, 7) is 4.86. The lowest BCUT2D eigenvalue weighted by molar-refractivity contribution is -0.113. The molecule has 0 unspecified atom stereocenters. The second-order valence-corrected chi connectivity index (χ2v) is 7.81. The van der Waals surface area contributed by atoms with Gasteiger partial charge in [-0.05, 0) is 38.3 Å². The first-order valence-corrected chi connectivity index (χ1v) is 10.9. The second-order valence-electron chi connectivity index (χ2n) is 5.99. The van der Waals surface area contributed by atoms with Gasteiger partial charge >= 0.3 is 0 Å². The molecule has 0 aliphatic heterocycles. The van der Waals surface area contributed by atoms with E-state index in [1.807, 2.05) is 47.2 Å². The largest absolute Gasteiger partial charge is 0.325 e. The van der Waals surface area contributed by atoms with E-state index in [9.17, 15) is 4.79 Å². The van der Waals surface area contributed by atoms with Crippen molar-refractivity contribution in [1.29, 1.82) is 0 Å². The molecule has 0 bridgehead atoms. The van der Waals surface area contributed by atoms with Crippen molar-refractivity contribution < 1.29 is 4.79 Å². The number of benzene rings is 2. The van der Waals surface area contributed by atoms with E-state index in [1.54, 1.807) is 11.8 Å². The van der Waals surface area contributed by atoms with Crippen LogP contribution >= 0.6 is 23.5 Å². The normalized spacial score (nSPS) is 10.8. The molecule has 140 valence electrons. The summed E-state index contributed by atoms with van der Waals surface area (Å²) in [5.41, 5.74) is 3.04. The van der Waals surface area contributed by atoms with Crippen LogP contribution in [0.5, 0.6) is 0 Å². The Morgan fingerprint density at radius 1 is 1.15 bits per heavy atom. The molecular formula is C20H22N4OS2. The van der Waals surface area contributed by atoms with E-state index in [0.29, 0.717) is 0 Å². The van der Waals surface area contributed by atoms with Crippen LogP contribution in [0.3, 0.4) is 0 Å². The van der Waals surface area contributed by atoms with Gasteiger partial charge in [0.1, 0.15) is 0 Å². The zero-order chi connectivity index (χ0) is 19.2. The fraction of sp³-hybridized carbons (Fsp3) is 0.250. The lowest BCUT2D eigenvalue weighted by atomic mass is 10.1. The number of hydrogen-bond acceptors (Lipinski definition) is 5. The van der Waals surface area contributed by atoms with E-state index in [-0.39, 0.29) is 11.7 Å². The van der Waals surface area contributed by atoms with Crippen LogP contribution < -0.4 is 5.32 Å². The van der Waals surface area contributed by atoms with Crippen LogP contribution in [0.1, 0.15) is 12.5 Å². The summed E-state index contributed by atoms with van der Waals surface area (Å²) in [5.74, 6) is 1.06. The third kappa shape index (κ3) is 4.93. The highest BCUT2D eigenvalue weighted by molar-refractivity contribution is 7.99.